The fraction of sp³-hybridized carbons (Fsp3) is 0.417. The minimum atomic E-state index is -3.15. The van der Waals surface area contributed by atoms with Gasteiger partial charge in [-0.05, 0) is 12.1 Å². The van der Waals surface area contributed by atoms with Crippen LogP contribution in [0.3, 0.4) is 0 Å². The Bertz CT molecular complexity index is 663. The van der Waals surface area contributed by atoms with Gasteiger partial charge in [0.05, 0.1) is 11.9 Å². The Balaban J connectivity index is 0.00000242. The van der Waals surface area contributed by atoms with Crippen molar-refractivity contribution in [1.29, 1.82) is 0 Å². The minimum Gasteiger partial charge on any atom is -0.370 e. The van der Waals surface area contributed by atoms with E-state index < -0.39 is 21.7 Å². The van der Waals surface area contributed by atoms with Gasteiger partial charge in [0.25, 0.3) is 0 Å². The van der Waals surface area contributed by atoms with Gasteiger partial charge < -0.3 is 11.1 Å². The minimum absolute atomic E-state index is 0. The van der Waals surface area contributed by atoms with Crippen LogP contribution in [0.1, 0.15) is 0 Å². The zero-order valence-corrected chi connectivity index (χ0v) is 14.9. The van der Waals surface area contributed by atoms with Crippen molar-refractivity contribution in [2.45, 2.75) is 0 Å². The molecule has 1 heterocycles. The third-order valence-electron chi connectivity index (χ3n) is 3.10. The summed E-state index contributed by atoms with van der Waals surface area (Å²) in [6.45, 7) is 1.11. The van der Waals surface area contributed by atoms with Gasteiger partial charge in [0.2, 0.25) is 10.0 Å². The fourth-order valence-corrected chi connectivity index (χ4v) is 2.87. The molecule has 1 fully saturated rings. The molecule has 1 aliphatic rings. The molecule has 0 atom stereocenters. The van der Waals surface area contributed by atoms with E-state index in [1.54, 1.807) is 0 Å². The van der Waals surface area contributed by atoms with E-state index in [-0.39, 0.29) is 41.5 Å². The maximum Gasteiger partial charge on any atom is 0.211 e. The molecule has 0 bridgehead atoms. The van der Waals surface area contributed by atoms with Gasteiger partial charge in [0, 0.05) is 31.6 Å². The molecule has 1 aromatic rings. The van der Waals surface area contributed by atoms with Crippen molar-refractivity contribution in [3.8, 4) is 0 Å². The molecule has 22 heavy (non-hydrogen) atoms. The number of halogens is 3. The van der Waals surface area contributed by atoms with Crippen molar-refractivity contribution in [3.05, 3.63) is 29.8 Å². The largest absolute Gasteiger partial charge is 0.370 e. The van der Waals surface area contributed by atoms with Crippen molar-refractivity contribution in [1.82, 2.24) is 4.31 Å². The lowest BCUT2D eigenvalue weighted by atomic mass is 10.0. The summed E-state index contributed by atoms with van der Waals surface area (Å²) in [4.78, 5) is 4.00. The Labute approximate surface area is 144 Å². The van der Waals surface area contributed by atoms with E-state index in [4.69, 9.17) is 5.73 Å². The second-order valence-electron chi connectivity index (χ2n) is 4.92. The first-order valence-corrected chi connectivity index (χ1v) is 8.07. The topological polar surface area (TPSA) is 87.8 Å². The fourth-order valence-electron chi connectivity index (χ4n) is 1.91. The SMILES string of the molecule is CS(=O)(=O)N1CC(CN=C(N)Nc2cc(F)ccc2F)C1.I. The van der Waals surface area contributed by atoms with Crippen molar-refractivity contribution in [3.63, 3.8) is 0 Å². The van der Waals surface area contributed by atoms with E-state index in [9.17, 15) is 17.2 Å². The van der Waals surface area contributed by atoms with Crippen LogP contribution in [-0.4, -0.2) is 44.6 Å². The molecule has 0 spiro atoms. The number of nitrogens with zero attached hydrogens (tertiary/aromatic N) is 2. The quantitative estimate of drug-likeness (QED) is 0.414. The lowest BCUT2D eigenvalue weighted by Crippen LogP contribution is -2.50. The summed E-state index contributed by atoms with van der Waals surface area (Å²) in [5.74, 6) is -1.19. The molecule has 6 nitrogen and oxygen atoms in total. The van der Waals surface area contributed by atoms with Crippen LogP contribution in [0, 0.1) is 17.6 Å². The van der Waals surface area contributed by atoms with E-state index in [2.05, 4.69) is 10.3 Å². The zero-order chi connectivity index (χ0) is 15.6. The molecule has 1 aromatic carbocycles. The molecular weight excluding hydrogens is 429 g/mol. The summed E-state index contributed by atoms with van der Waals surface area (Å²) >= 11 is 0. The van der Waals surface area contributed by atoms with Gasteiger partial charge in [-0.3, -0.25) is 4.99 Å². The molecule has 0 aromatic heterocycles. The van der Waals surface area contributed by atoms with Crippen molar-refractivity contribution in [2.24, 2.45) is 16.6 Å². The molecule has 0 saturated carbocycles. The van der Waals surface area contributed by atoms with Crippen molar-refractivity contribution >= 4 is 45.6 Å². The second-order valence-corrected chi connectivity index (χ2v) is 6.90. The third-order valence-corrected chi connectivity index (χ3v) is 4.34. The molecule has 0 amide bonds. The highest BCUT2D eigenvalue weighted by molar-refractivity contribution is 14.0. The summed E-state index contributed by atoms with van der Waals surface area (Å²) in [5.41, 5.74) is 5.50. The molecule has 0 radical (unpaired) electrons. The van der Waals surface area contributed by atoms with E-state index in [1.807, 2.05) is 0 Å². The molecular formula is C12H17F2IN4O2S. The van der Waals surface area contributed by atoms with Crippen LogP contribution in [0.25, 0.3) is 0 Å². The highest BCUT2D eigenvalue weighted by Gasteiger charge is 2.32. The average Bonchev–Trinajstić information content (AvgIpc) is 2.30. The van der Waals surface area contributed by atoms with Crippen LogP contribution < -0.4 is 11.1 Å². The number of sulfonamides is 1. The summed E-state index contributed by atoms with van der Waals surface area (Å²) < 4.78 is 50.1. The Morgan fingerprint density at radius 3 is 2.68 bits per heavy atom. The number of hydrogen-bond acceptors (Lipinski definition) is 3. The number of benzene rings is 1. The first-order valence-electron chi connectivity index (χ1n) is 6.23. The van der Waals surface area contributed by atoms with Crippen molar-refractivity contribution in [2.75, 3.05) is 31.2 Å². The summed E-state index contributed by atoms with van der Waals surface area (Å²) in [5, 5.41) is 2.48. The third kappa shape index (κ3) is 5.02. The van der Waals surface area contributed by atoms with Gasteiger partial charge in [0.15, 0.2) is 5.96 Å². The first-order chi connectivity index (χ1) is 9.75. The monoisotopic (exact) mass is 446 g/mol. The molecule has 2 rings (SSSR count). The predicted molar refractivity (Wildman–Crippen MR) is 91.8 cm³/mol. The van der Waals surface area contributed by atoms with E-state index in [0.717, 1.165) is 24.5 Å². The van der Waals surface area contributed by atoms with Crippen LogP contribution >= 0.6 is 24.0 Å². The number of aliphatic imine (C=N–C) groups is 1. The van der Waals surface area contributed by atoms with Crippen LogP contribution in [0.15, 0.2) is 23.2 Å². The van der Waals surface area contributed by atoms with Gasteiger partial charge in [0.1, 0.15) is 11.6 Å². The zero-order valence-electron chi connectivity index (χ0n) is 11.8. The van der Waals surface area contributed by atoms with E-state index in [0.29, 0.717) is 19.6 Å². The predicted octanol–water partition coefficient (Wildman–Crippen LogP) is 1.20. The molecule has 124 valence electrons. The summed E-state index contributed by atoms with van der Waals surface area (Å²) in [6.07, 6.45) is 1.15. The van der Waals surface area contributed by atoms with Crippen LogP contribution in [-0.2, 0) is 10.0 Å². The molecule has 1 aliphatic heterocycles. The number of nitrogens with one attached hydrogen (secondary N) is 1. The van der Waals surface area contributed by atoms with Crippen molar-refractivity contribution < 1.29 is 17.2 Å². The van der Waals surface area contributed by atoms with Crippen LogP contribution in [0.4, 0.5) is 14.5 Å². The maximum absolute atomic E-state index is 13.4. The van der Waals surface area contributed by atoms with Gasteiger partial charge in [-0.1, -0.05) is 0 Å². The van der Waals surface area contributed by atoms with Crippen LogP contribution in [0.2, 0.25) is 0 Å². The maximum atomic E-state index is 13.4. The van der Waals surface area contributed by atoms with Crippen LogP contribution in [0.5, 0.6) is 0 Å². The molecule has 3 N–H and O–H groups in total. The normalized spacial score (nSPS) is 16.8. The van der Waals surface area contributed by atoms with Gasteiger partial charge in [-0.25, -0.2) is 21.5 Å². The van der Waals surface area contributed by atoms with Gasteiger partial charge >= 0.3 is 0 Å². The highest BCUT2D eigenvalue weighted by atomic mass is 127. The van der Waals surface area contributed by atoms with E-state index in [1.165, 1.54) is 4.31 Å². The number of rotatable bonds is 4. The first kappa shape index (κ1) is 19.0. The molecule has 1 saturated heterocycles. The summed E-state index contributed by atoms with van der Waals surface area (Å²) in [6, 6.07) is 2.97. The Morgan fingerprint density at radius 1 is 1.45 bits per heavy atom. The van der Waals surface area contributed by atoms with Gasteiger partial charge in [-0.15, -0.1) is 24.0 Å². The molecule has 0 unspecified atom stereocenters. The highest BCUT2D eigenvalue weighted by Crippen LogP contribution is 2.19. The number of hydrogen-bond donors (Lipinski definition) is 2. The second kappa shape index (κ2) is 7.51. The number of guanidine groups is 1. The van der Waals surface area contributed by atoms with E-state index >= 15 is 0 Å². The standard InChI is InChI=1S/C12H16F2N4O2S.HI/c1-21(19,20)18-6-8(7-18)5-16-12(15)17-11-4-9(13)2-3-10(11)14;/h2-4,8H,5-7H2,1H3,(H3,15,16,17);1H. The molecule has 0 aliphatic carbocycles. The lowest BCUT2D eigenvalue weighted by molar-refractivity contribution is 0.209. The lowest BCUT2D eigenvalue weighted by Gasteiger charge is -2.36. The Morgan fingerprint density at radius 2 is 2.09 bits per heavy atom. The summed E-state index contributed by atoms with van der Waals surface area (Å²) in [7, 11) is -3.15. The molecule has 10 heteroatoms. The Hall–Kier alpha value is -1.01. The smallest absolute Gasteiger partial charge is 0.211 e. The Kier molecular flexibility index (Phi) is 6.50. The number of nitrogens with two attached hydrogens (primary N) is 1. The average molecular weight is 446 g/mol. The van der Waals surface area contributed by atoms with Gasteiger partial charge in [-0.2, -0.15) is 0 Å². The number of anilines is 1.